The van der Waals surface area contributed by atoms with Crippen LogP contribution in [0.15, 0.2) is 22.9 Å². The molecule has 2 heterocycles. The summed E-state index contributed by atoms with van der Waals surface area (Å²) in [5.74, 6) is -0.585. The molecule has 2 aromatic heterocycles. The molecule has 0 atom stereocenters. The average molecular weight is 310 g/mol. The summed E-state index contributed by atoms with van der Waals surface area (Å²) in [6, 6.07) is 3.91. The fourth-order valence-electron chi connectivity index (χ4n) is 1.49. The van der Waals surface area contributed by atoms with E-state index in [9.17, 15) is 9.59 Å². The zero-order chi connectivity index (χ0) is 14.4. The SMILES string of the molecule is CCOC(=O)CCNC(=O)c1csc(-c2cccs2)n1. The van der Waals surface area contributed by atoms with Crippen molar-refractivity contribution in [2.75, 3.05) is 13.2 Å². The Labute approximate surface area is 124 Å². The molecule has 0 aromatic carbocycles. The largest absolute Gasteiger partial charge is 0.466 e. The Morgan fingerprint density at radius 3 is 2.95 bits per heavy atom. The minimum atomic E-state index is -0.314. The number of thiazole rings is 1. The van der Waals surface area contributed by atoms with Crippen molar-refractivity contribution in [2.45, 2.75) is 13.3 Å². The van der Waals surface area contributed by atoms with Gasteiger partial charge in [0.25, 0.3) is 5.91 Å². The second-order valence-corrected chi connectivity index (χ2v) is 5.63. The van der Waals surface area contributed by atoms with Gasteiger partial charge in [0.05, 0.1) is 17.9 Å². The van der Waals surface area contributed by atoms with Crippen LogP contribution in [0.1, 0.15) is 23.8 Å². The molecule has 0 aliphatic rings. The molecular formula is C13H14N2O3S2. The fourth-order valence-corrected chi connectivity index (χ4v) is 3.11. The monoisotopic (exact) mass is 310 g/mol. The van der Waals surface area contributed by atoms with E-state index in [-0.39, 0.29) is 24.8 Å². The number of carbonyl (C=O) groups is 2. The Kier molecular flexibility index (Phi) is 5.25. The highest BCUT2D eigenvalue weighted by Crippen LogP contribution is 2.27. The van der Waals surface area contributed by atoms with Crippen LogP contribution in [0, 0.1) is 0 Å². The van der Waals surface area contributed by atoms with E-state index in [4.69, 9.17) is 4.74 Å². The quantitative estimate of drug-likeness (QED) is 0.833. The standard InChI is InChI=1S/C13H14N2O3S2/c1-2-18-11(16)5-6-14-12(17)9-8-20-13(15-9)10-4-3-7-19-10/h3-4,7-8H,2,5-6H2,1H3,(H,14,17). The van der Waals surface area contributed by atoms with Crippen molar-refractivity contribution < 1.29 is 14.3 Å². The lowest BCUT2D eigenvalue weighted by Gasteiger charge is -2.03. The molecule has 0 saturated heterocycles. The molecule has 0 radical (unpaired) electrons. The van der Waals surface area contributed by atoms with E-state index in [1.807, 2.05) is 17.5 Å². The maximum Gasteiger partial charge on any atom is 0.307 e. The molecular weight excluding hydrogens is 296 g/mol. The minimum absolute atomic E-state index is 0.168. The molecule has 0 bridgehead atoms. The zero-order valence-electron chi connectivity index (χ0n) is 10.9. The zero-order valence-corrected chi connectivity index (χ0v) is 12.6. The summed E-state index contributed by atoms with van der Waals surface area (Å²) in [5, 5.41) is 7.17. The van der Waals surface area contributed by atoms with Crippen LogP contribution in [-0.2, 0) is 9.53 Å². The van der Waals surface area contributed by atoms with Crippen LogP contribution in [-0.4, -0.2) is 30.0 Å². The second-order valence-electron chi connectivity index (χ2n) is 3.83. The van der Waals surface area contributed by atoms with Crippen molar-refractivity contribution in [3.05, 3.63) is 28.6 Å². The lowest BCUT2D eigenvalue weighted by atomic mass is 10.4. The molecule has 5 nitrogen and oxygen atoms in total. The van der Waals surface area contributed by atoms with Gasteiger partial charge in [-0.05, 0) is 18.4 Å². The number of aromatic nitrogens is 1. The number of thiophene rings is 1. The highest BCUT2D eigenvalue weighted by molar-refractivity contribution is 7.20. The van der Waals surface area contributed by atoms with Crippen molar-refractivity contribution in [1.82, 2.24) is 10.3 Å². The number of amides is 1. The molecule has 0 spiro atoms. The summed E-state index contributed by atoms with van der Waals surface area (Å²) < 4.78 is 4.78. The highest BCUT2D eigenvalue weighted by Gasteiger charge is 2.12. The molecule has 0 unspecified atom stereocenters. The van der Waals surface area contributed by atoms with Crippen molar-refractivity contribution in [3.63, 3.8) is 0 Å². The molecule has 0 fully saturated rings. The van der Waals surface area contributed by atoms with Crippen molar-refractivity contribution in [2.24, 2.45) is 0 Å². The Morgan fingerprint density at radius 2 is 2.25 bits per heavy atom. The molecule has 20 heavy (non-hydrogen) atoms. The molecule has 2 rings (SSSR count). The van der Waals surface area contributed by atoms with Gasteiger partial charge in [-0.25, -0.2) is 4.98 Å². The van der Waals surface area contributed by atoms with Gasteiger partial charge >= 0.3 is 5.97 Å². The lowest BCUT2D eigenvalue weighted by Crippen LogP contribution is -2.26. The molecule has 0 aliphatic heterocycles. The van der Waals surface area contributed by atoms with Gasteiger partial charge in [-0.2, -0.15) is 0 Å². The van der Waals surface area contributed by atoms with E-state index in [0.717, 1.165) is 9.88 Å². The van der Waals surface area contributed by atoms with Gasteiger partial charge in [-0.3, -0.25) is 9.59 Å². The topological polar surface area (TPSA) is 68.3 Å². The normalized spacial score (nSPS) is 10.2. The van der Waals surface area contributed by atoms with Gasteiger partial charge in [0, 0.05) is 11.9 Å². The first kappa shape index (κ1) is 14.7. The number of nitrogens with one attached hydrogen (secondary N) is 1. The minimum Gasteiger partial charge on any atom is -0.466 e. The third-order valence-electron chi connectivity index (χ3n) is 2.39. The molecule has 2 aromatic rings. The van der Waals surface area contributed by atoms with E-state index in [1.54, 1.807) is 23.6 Å². The lowest BCUT2D eigenvalue weighted by molar-refractivity contribution is -0.142. The van der Waals surface area contributed by atoms with Crippen LogP contribution < -0.4 is 5.32 Å². The fraction of sp³-hybridized carbons (Fsp3) is 0.308. The summed E-state index contributed by atoms with van der Waals surface area (Å²) in [6.07, 6.45) is 0.168. The maximum absolute atomic E-state index is 11.9. The van der Waals surface area contributed by atoms with Gasteiger partial charge < -0.3 is 10.1 Å². The van der Waals surface area contributed by atoms with E-state index in [2.05, 4.69) is 10.3 Å². The molecule has 1 amide bonds. The first-order chi connectivity index (χ1) is 9.70. The predicted octanol–water partition coefficient (Wildman–Crippen LogP) is 2.55. The molecule has 0 aliphatic carbocycles. The van der Waals surface area contributed by atoms with Gasteiger partial charge in [0.2, 0.25) is 0 Å². The van der Waals surface area contributed by atoms with Crippen LogP contribution >= 0.6 is 22.7 Å². The van der Waals surface area contributed by atoms with Crippen molar-refractivity contribution in [3.8, 4) is 9.88 Å². The van der Waals surface area contributed by atoms with Gasteiger partial charge in [-0.15, -0.1) is 22.7 Å². The van der Waals surface area contributed by atoms with Crippen LogP contribution in [0.2, 0.25) is 0 Å². The Balaban J connectivity index is 1.86. The number of esters is 1. The molecule has 1 N–H and O–H groups in total. The third-order valence-corrected chi connectivity index (χ3v) is 4.27. The summed E-state index contributed by atoms with van der Waals surface area (Å²) in [4.78, 5) is 28.3. The first-order valence-electron chi connectivity index (χ1n) is 6.14. The number of nitrogens with zero attached hydrogens (tertiary/aromatic N) is 1. The highest BCUT2D eigenvalue weighted by atomic mass is 32.1. The van der Waals surface area contributed by atoms with Crippen LogP contribution in [0.3, 0.4) is 0 Å². The van der Waals surface area contributed by atoms with Crippen LogP contribution in [0.4, 0.5) is 0 Å². The Bertz CT molecular complexity index is 578. The van der Waals surface area contributed by atoms with Gasteiger partial charge in [0.15, 0.2) is 0 Å². The number of hydrogen-bond acceptors (Lipinski definition) is 6. The number of rotatable bonds is 6. The van der Waals surface area contributed by atoms with Gasteiger partial charge in [0.1, 0.15) is 10.7 Å². The van der Waals surface area contributed by atoms with E-state index in [0.29, 0.717) is 12.3 Å². The number of carbonyl (C=O) groups excluding carboxylic acids is 2. The smallest absolute Gasteiger partial charge is 0.307 e. The summed E-state index contributed by atoms with van der Waals surface area (Å²) in [5.41, 5.74) is 0.377. The van der Waals surface area contributed by atoms with Crippen molar-refractivity contribution in [1.29, 1.82) is 0 Å². The summed E-state index contributed by atoms with van der Waals surface area (Å²) in [7, 11) is 0. The molecule has 0 saturated carbocycles. The van der Waals surface area contributed by atoms with Crippen LogP contribution in [0.5, 0.6) is 0 Å². The van der Waals surface area contributed by atoms with Crippen molar-refractivity contribution >= 4 is 34.6 Å². The molecule has 106 valence electrons. The Morgan fingerprint density at radius 1 is 1.40 bits per heavy atom. The molecule has 7 heteroatoms. The number of ether oxygens (including phenoxy) is 1. The van der Waals surface area contributed by atoms with E-state index in [1.165, 1.54) is 11.3 Å². The Hall–Kier alpha value is -1.73. The van der Waals surface area contributed by atoms with E-state index < -0.39 is 0 Å². The second kappa shape index (κ2) is 7.16. The number of hydrogen-bond donors (Lipinski definition) is 1. The predicted molar refractivity (Wildman–Crippen MR) is 79.0 cm³/mol. The maximum atomic E-state index is 11.9. The summed E-state index contributed by atoms with van der Waals surface area (Å²) in [6.45, 7) is 2.35. The first-order valence-corrected chi connectivity index (χ1v) is 7.90. The average Bonchev–Trinajstić information content (AvgIpc) is 3.10. The summed E-state index contributed by atoms with van der Waals surface area (Å²) >= 11 is 3.01. The third kappa shape index (κ3) is 3.88. The van der Waals surface area contributed by atoms with Crippen LogP contribution in [0.25, 0.3) is 9.88 Å². The van der Waals surface area contributed by atoms with E-state index >= 15 is 0 Å². The van der Waals surface area contributed by atoms with Gasteiger partial charge in [-0.1, -0.05) is 6.07 Å².